The summed E-state index contributed by atoms with van der Waals surface area (Å²) in [5, 5.41) is 9.47. The summed E-state index contributed by atoms with van der Waals surface area (Å²) in [4.78, 5) is 0. The summed E-state index contributed by atoms with van der Waals surface area (Å²) in [6.45, 7) is 0.506. The highest BCUT2D eigenvalue weighted by atomic mass is 79.9. The number of aliphatic hydroxyl groups is 1. The molecule has 1 unspecified atom stereocenters. The molecule has 2 rings (SSSR count). The van der Waals surface area contributed by atoms with Gasteiger partial charge in [-0.3, -0.25) is 0 Å². The van der Waals surface area contributed by atoms with Crippen LogP contribution in [0, 0.1) is 0 Å². The molecule has 0 spiro atoms. The van der Waals surface area contributed by atoms with E-state index in [1.165, 1.54) is 0 Å². The van der Waals surface area contributed by atoms with Crippen molar-refractivity contribution >= 4 is 15.9 Å². The van der Waals surface area contributed by atoms with E-state index in [0.29, 0.717) is 6.42 Å². The van der Waals surface area contributed by atoms with Gasteiger partial charge in [-0.2, -0.15) is 0 Å². The third kappa shape index (κ3) is 2.25. The molecule has 0 fully saturated rings. The maximum atomic E-state index is 9.47. The second-order valence-electron chi connectivity index (χ2n) is 3.39. The minimum atomic E-state index is -0.526. The zero-order valence-corrected chi connectivity index (χ0v) is 9.66. The highest BCUT2D eigenvalue weighted by Gasteiger charge is 2.17. The van der Waals surface area contributed by atoms with Gasteiger partial charge in [0.2, 0.25) is 6.79 Å². The van der Waals surface area contributed by atoms with Gasteiger partial charge in [-0.15, -0.1) is 0 Å². The van der Waals surface area contributed by atoms with E-state index < -0.39 is 6.10 Å². The Labute approximate surface area is 96.1 Å². The molecule has 1 aliphatic heterocycles. The van der Waals surface area contributed by atoms with Crippen LogP contribution in [0.1, 0.15) is 5.56 Å². The van der Waals surface area contributed by atoms with Gasteiger partial charge in [0.05, 0.1) is 6.10 Å². The quantitative estimate of drug-likeness (QED) is 0.864. The normalized spacial score (nSPS) is 15.4. The molecule has 0 saturated carbocycles. The van der Waals surface area contributed by atoms with E-state index >= 15 is 0 Å². The Hall–Kier alpha value is -0.780. The maximum absolute atomic E-state index is 9.47. The van der Waals surface area contributed by atoms with Crippen LogP contribution in [0.5, 0.6) is 11.5 Å². The van der Waals surface area contributed by atoms with Crippen molar-refractivity contribution in [3.05, 3.63) is 22.2 Å². The van der Waals surface area contributed by atoms with E-state index in [4.69, 9.17) is 15.2 Å². The number of halogens is 1. The van der Waals surface area contributed by atoms with Crippen LogP contribution >= 0.6 is 15.9 Å². The highest BCUT2D eigenvalue weighted by molar-refractivity contribution is 9.10. The van der Waals surface area contributed by atoms with Crippen molar-refractivity contribution in [3.8, 4) is 11.5 Å². The second-order valence-corrected chi connectivity index (χ2v) is 4.24. The van der Waals surface area contributed by atoms with Crippen molar-refractivity contribution in [3.63, 3.8) is 0 Å². The lowest BCUT2D eigenvalue weighted by Crippen LogP contribution is -2.22. The maximum Gasteiger partial charge on any atom is 0.231 e. The van der Waals surface area contributed by atoms with Crippen LogP contribution in [0.15, 0.2) is 16.6 Å². The summed E-state index contributed by atoms with van der Waals surface area (Å²) in [6, 6.07) is 3.71. The van der Waals surface area contributed by atoms with E-state index in [0.717, 1.165) is 21.5 Å². The van der Waals surface area contributed by atoms with Gasteiger partial charge in [-0.05, 0) is 17.7 Å². The van der Waals surface area contributed by atoms with Gasteiger partial charge in [-0.1, -0.05) is 15.9 Å². The van der Waals surface area contributed by atoms with Crippen molar-refractivity contribution < 1.29 is 14.6 Å². The molecule has 15 heavy (non-hydrogen) atoms. The average molecular weight is 274 g/mol. The lowest BCUT2D eigenvalue weighted by atomic mass is 10.1. The van der Waals surface area contributed by atoms with Crippen LogP contribution in [0.4, 0.5) is 0 Å². The predicted octanol–water partition coefficient (Wildman–Crippen LogP) is 1.04. The molecule has 82 valence electrons. The predicted molar refractivity (Wildman–Crippen MR) is 59.0 cm³/mol. The molecule has 1 heterocycles. The first kappa shape index (κ1) is 10.7. The number of fused-ring (bicyclic) bond motifs is 1. The first-order chi connectivity index (χ1) is 7.20. The van der Waals surface area contributed by atoms with Crippen LogP contribution < -0.4 is 15.2 Å². The SMILES string of the molecule is NCC(O)Cc1cc2c(cc1Br)OCO2. The molecule has 0 amide bonds. The first-order valence-electron chi connectivity index (χ1n) is 4.67. The van der Waals surface area contributed by atoms with Gasteiger partial charge in [-0.25, -0.2) is 0 Å². The smallest absolute Gasteiger partial charge is 0.231 e. The molecule has 0 aliphatic carbocycles. The summed E-state index contributed by atoms with van der Waals surface area (Å²) in [5.74, 6) is 1.45. The molecule has 5 heteroatoms. The standard InChI is InChI=1S/C10H12BrNO3/c11-8-3-10-9(14-5-15-10)2-6(8)1-7(13)4-12/h2-3,7,13H,1,4-5,12H2. The molecule has 0 aromatic heterocycles. The number of hydrogen-bond acceptors (Lipinski definition) is 4. The Morgan fingerprint density at radius 3 is 2.73 bits per heavy atom. The molecule has 1 aromatic carbocycles. The zero-order chi connectivity index (χ0) is 10.8. The lowest BCUT2D eigenvalue weighted by molar-refractivity contribution is 0.173. The van der Waals surface area contributed by atoms with Gasteiger partial charge in [0.25, 0.3) is 0 Å². The molecular weight excluding hydrogens is 262 g/mol. The summed E-state index contributed by atoms with van der Waals surface area (Å²) in [6.07, 6.45) is -0.0186. The lowest BCUT2D eigenvalue weighted by Gasteiger charge is -2.10. The summed E-state index contributed by atoms with van der Waals surface area (Å²) in [7, 11) is 0. The van der Waals surface area contributed by atoms with E-state index in [9.17, 15) is 5.11 Å². The van der Waals surface area contributed by atoms with E-state index in [2.05, 4.69) is 15.9 Å². The Morgan fingerprint density at radius 2 is 2.07 bits per heavy atom. The molecule has 3 N–H and O–H groups in total. The van der Waals surface area contributed by atoms with E-state index in [1.807, 2.05) is 12.1 Å². The Bertz CT molecular complexity index is 370. The second kappa shape index (κ2) is 4.38. The van der Waals surface area contributed by atoms with E-state index in [-0.39, 0.29) is 13.3 Å². The van der Waals surface area contributed by atoms with Gasteiger partial charge >= 0.3 is 0 Å². The van der Waals surface area contributed by atoms with Crippen LogP contribution in [-0.2, 0) is 6.42 Å². The number of rotatable bonds is 3. The molecule has 4 nitrogen and oxygen atoms in total. The largest absolute Gasteiger partial charge is 0.454 e. The van der Waals surface area contributed by atoms with Gasteiger partial charge in [0.1, 0.15) is 0 Å². The number of benzene rings is 1. The van der Waals surface area contributed by atoms with Crippen LogP contribution in [0.3, 0.4) is 0 Å². The number of hydrogen-bond donors (Lipinski definition) is 2. The van der Waals surface area contributed by atoms with Crippen LogP contribution in [0.25, 0.3) is 0 Å². The Morgan fingerprint density at radius 1 is 1.40 bits per heavy atom. The fourth-order valence-corrected chi connectivity index (χ4v) is 1.94. The molecule has 1 aromatic rings. The fourth-order valence-electron chi connectivity index (χ4n) is 1.45. The number of aliphatic hydroxyl groups excluding tert-OH is 1. The van der Waals surface area contributed by atoms with Crippen LogP contribution in [0.2, 0.25) is 0 Å². The topological polar surface area (TPSA) is 64.7 Å². The van der Waals surface area contributed by atoms with Crippen molar-refractivity contribution in [2.45, 2.75) is 12.5 Å². The third-order valence-corrected chi connectivity index (χ3v) is 3.01. The third-order valence-electron chi connectivity index (χ3n) is 2.27. The van der Waals surface area contributed by atoms with Crippen molar-refractivity contribution in [2.75, 3.05) is 13.3 Å². The van der Waals surface area contributed by atoms with Gasteiger partial charge in [0.15, 0.2) is 11.5 Å². The minimum absolute atomic E-state index is 0.251. The molecule has 1 atom stereocenters. The summed E-state index contributed by atoms with van der Waals surface area (Å²) < 4.78 is 11.4. The van der Waals surface area contributed by atoms with Crippen molar-refractivity contribution in [2.24, 2.45) is 5.73 Å². The van der Waals surface area contributed by atoms with Gasteiger partial charge < -0.3 is 20.3 Å². The zero-order valence-electron chi connectivity index (χ0n) is 8.07. The molecule has 1 aliphatic rings. The summed E-state index contributed by atoms with van der Waals surface area (Å²) >= 11 is 3.42. The van der Waals surface area contributed by atoms with E-state index in [1.54, 1.807) is 0 Å². The fraction of sp³-hybridized carbons (Fsp3) is 0.400. The first-order valence-corrected chi connectivity index (χ1v) is 5.46. The monoisotopic (exact) mass is 273 g/mol. The number of ether oxygens (including phenoxy) is 2. The minimum Gasteiger partial charge on any atom is -0.454 e. The molecule has 0 radical (unpaired) electrons. The molecule has 0 saturated heterocycles. The van der Waals surface area contributed by atoms with Crippen molar-refractivity contribution in [1.82, 2.24) is 0 Å². The Kier molecular flexibility index (Phi) is 3.14. The highest BCUT2D eigenvalue weighted by Crippen LogP contribution is 2.37. The number of nitrogens with two attached hydrogens (primary N) is 1. The van der Waals surface area contributed by atoms with Crippen molar-refractivity contribution in [1.29, 1.82) is 0 Å². The average Bonchev–Trinajstić information content (AvgIpc) is 2.65. The Balaban J connectivity index is 2.24. The molecular formula is C10H12BrNO3. The molecule has 0 bridgehead atoms. The van der Waals surface area contributed by atoms with Gasteiger partial charge in [0, 0.05) is 17.4 Å². The van der Waals surface area contributed by atoms with Crippen LogP contribution in [-0.4, -0.2) is 24.5 Å². The summed E-state index contributed by atoms with van der Waals surface area (Å²) in [5.41, 5.74) is 6.33.